The van der Waals surface area contributed by atoms with Crippen molar-refractivity contribution in [3.63, 3.8) is 0 Å². The molecule has 2 aliphatic rings. The van der Waals surface area contributed by atoms with E-state index in [1.807, 2.05) is 7.05 Å². The Labute approximate surface area is 220 Å². The fraction of sp³-hybridized carbons (Fsp3) is 0.800. The summed E-state index contributed by atoms with van der Waals surface area (Å²) in [5.41, 5.74) is 19.3. The van der Waals surface area contributed by atoms with Crippen LogP contribution >= 0.6 is 0 Å². The summed E-state index contributed by atoms with van der Waals surface area (Å²) in [5.74, 6) is 0.413. The maximum Gasteiger partial charge on any atom is 0.148 e. The molecule has 10 N–H and O–H groups in total. The predicted octanol–water partition coefficient (Wildman–Crippen LogP) is -0.465. The number of nitrogens with one attached hydrogen (secondary N) is 3. The summed E-state index contributed by atoms with van der Waals surface area (Å²) in [4.78, 5) is 12.3. The molecule has 210 valence electrons. The van der Waals surface area contributed by atoms with Gasteiger partial charge in [0.2, 0.25) is 0 Å². The Balaban J connectivity index is 2.32. The molecule has 2 saturated carbocycles. The lowest BCUT2D eigenvalue weighted by Crippen LogP contribution is -2.65. The van der Waals surface area contributed by atoms with E-state index in [9.17, 15) is 15.3 Å². The van der Waals surface area contributed by atoms with Gasteiger partial charge in [0, 0.05) is 31.0 Å². The van der Waals surface area contributed by atoms with Crippen LogP contribution in [0.4, 0.5) is 0 Å². The summed E-state index contributed by atoms with van der Waals surface area (Å²) >= 11 is 0. The zero-order valence-corrected chi connectivity index (χ0v) is 22.3. The van der Waals surface area contributed by atoms with Gasteiger partial charge in [-0.15, -0.1) is 0 Å². The Hall–Kier alpha value is -2.11. The average molecular weight is 523 g/mol. The lowest BCUT2D eigenvalue weighted by atomic mass is 9.80. The molecule has 2 rings (SSSR count). The minimum absolute atomic E-state index is 0.170. The van der Waals surface area contributed by atoms with Crippen molar-refractivity contribution in [2.24, 2.45) is 28.3 Å². The summed E-state index contributed by atoms with van der Waals surface area (Å²) in [6.45, 7) is 6.81. The second-order valence-electron chi connectivity index (χ2n) is 10.1. The maximum absolute atomic E-state index is 12.3. The molecular formula is C25H46N8O4. The molecule has 0 amide bonds. The first-order chi connectivity index (χ1) is 17.7. The van der Waals surface area contributed by atoms with Gasteiger partial charge in [0.05, 0.1) is 36.0 Å². The number of aliphatic hydroxyl groups is 1. The standard InChI is InChI=1S/C25H46N8O4/c1-14(21(34)7-8-26)32-20-10-19(29)24(37-22-9-16(12-30-3)5-6-18(22)28)23(33-35)25(20)36-15(2)17(11-27)13-31-4/h13,15-16,18-25,30-32,34H,1,5-10,12,26,28-29H2,2-4H3/b17-13+. The first-order valence-corrected chi connectivity index (χ1v) is 13.1. The van der Waals surface area contributed by atoms with Crippen molar-refractivity contribution >= 4 is 0 Å². The van der Waals surface area contributed by atoms with E-state index in [1.165, 1.54) is 0 Å². The van der Waals surface area contributed by atoms with Gasteiger partial charge in [-0.1, -0.05) is 11.8 Å². The largest absolute Gasteiger partial charge is 0.393 e. The van der Waals surface area contributed by atoms with E-state index >= 15 is 0 Å². The second-order valence-corrected chi connectivity index (χ2v) is 10.1. The van der Waals surface area contributed by atoms with Crippen LogP contribution in [0.1, 0.15) is 39.0 Å². The smallest absolute Gasteiger partial charge is 0.148 e. The van der Waals surface area contributed by atoms with Crippen LogP contribution in [-0.2, 0) is 9.47 Å². The summed E-state index contributed by atoms with van der Waals surface area (Å²) in [6, 6.07) is -0.0825. The Kier molecular flexibility index (Phi) is 12.9. The lowest BCUT2D eigenvalue weighted by Gasteiger charge is -2.46. The third-order valence-electron chi connectivity index (χ3n) is 7.36. The highest BCUT2D eigenvalue weighted by atomic mass is 16.5. The predicted molar refractivity (Wildman–Crippen MR) is 143 cm³/mol. The number of nitrogens with zero attached hydrogens (tertiary/aromatic N) is 2. The van der Waals surface area contributed by atoms with Crippen molar-refractivity contribution in [1.82, 2.24) is 16.0 Å². The first kappa shape index (κ1) is 31.1. The van der Waals surface area contributed by atoms with Gasteiger partial charge in [0.15, 0.2) is 0 Å². The second kappa shape index (κ2) is 15.3. The highest BCUT2D eigenvalue weighted by Crippen LogP contribution is 2.33. The molecule has 0 spiro atoms. The molecule has 37 heavy (non-hydrogen) atoms. The molecule has 12 heteroatoms. The lowest BCUT2D eigenvalue weighted by molar-refractivity contribution is -0.127. The summed E-state index contributed by atoms with van der Waals surface area (Å²) in [7, 11) is 3.60. The molecule has 10 atom stereocenters. The van der Waals surface area contributed by atoms with Crippen molar-refractivity contribution in [3.05, 3.63) is 29.0 Å². The minimum Gasteiger partial charge on any atom is -0.393 e. The Bertz CT molecular complexity index is 806. The number of hydrogen-bond donors (Lipinski definition) is 7. The van der Waals surface area contributed by atoms with E-state index < -0.39 is 42.5 Å². The van der Waals surface area contributed by atoms with Gasteiger partial charge in [-0.05, 0) is 65.1 Å². The molecular weight excluding hydrogens is 476 g/mol. The number of aliphatic hydroxyl groups excluding tert-OH is 1. The third kappa shape index (κ3) is 8.44. The molecule has 0 aromatic carbocycles. The number of hydrogen-bond acceptors (Lipinski definition) is 12. The molecule has 0 bridgehead atoms. The summed E-state index contributed by atoms with van der Waals surface area (Å²) in [6.07, 6.45) is 1.49. The zero-order valence-electron chi connectivity index (χ0n) is 22.3. The van der Waals surface area contributed by atoms with Crippen LogP contribution in [0.15, 0.2) is 29.2 Å². The van der Waals surface area contributed by atoms with Gasteiger partial charge in [-0.25, -0.2) is 0 Å². The highest BCUT2D eigenvalue weighted by molar-refractivity contribution is 5.24. The fourth-order valence-electron chi connectivity index (χ4n) is 5.30. The van der Waals surface area contributed by atoms with Crippen LogP contribution in [-0.4, -0.2) is 87.0 Å². The van der Waals surface area contributed by atoms with E-state index in [-0.39, 0.29) is 18.7 Å². The number of rotatable bonds is 14. The maximum atomic E-state index is 12.3. The van der Waals surface area contributed by atoms with E-state index in [0.29, 0.717) is 30.0 Å². The zero-order chi connectivity index (χ0) is 27.5. The molecule has 0 heterocycles. The van der Waals surface area contributed by atoms with E-state index in [2.05, 4.69) is 33.8 Å². The first-order valence-electron chi connectivity index (χ1n) is 13.1. The molecule has 0 radical (unpaired) electrons. The SMILES string of the molecule is C=C(NC1CC(N)C(OC2CC(CNC)CCC2N)C(N=O)C1OC(C)/C(C#N)=C/NC)C(O)CCN. The summed E-state index contributed by atoms with van der Waals surface area (Å²) < 4.78 is 12.8. The van der Waals surface area contributed by atoms with Gasteiger partial charge in [0.25, 0.3) is 0 Å². The fourth-order valence-corrected chi connectivity index (χ4v) is 5.30. The monoisotopic (exact) mass is 522 g/mol. The molecule has 0 aromatic heterocycles. The van der Waals surface area contributed by atoms with Crippen molar-refractivity contribution in [2.75, 3.05) is 27.2 Å². The number of nitriles is 1. The molecule has 2 fully saturated rings. The van der Waals surface area contributed by atoms with Gasteiger partial charge < -0.3 is 47.7 Å². The van der Waals surface area contributed by atoms with Crippen LogP contribution in [0.25, 0.3) is 0 Å². The van der Waals surface area contributed by atoms with Crippen LogP contribution < -0.4 is 33.2 Å². The van der Waals surface area contributed by atoms with Crippen LogP contribution in [0.5, 0.6) is 0 Å². The average Bonchev–Trinajstić information content (AvgIpc) is 2.87. The Morgan fingerprint density at radius 3 is 2.59 bits per heavy atom. The summed E-state index contributed by atoms with van der Waals surface area (Å²) in [5, 5.41) is 32.6. The van der Waals surface area contributed by atoms with E-state index in [0.717, 1.165) is 25.8 Å². The third-order valence-corrected chi connectivity index (χ3v) is 7.36. The molecule has 0 aliphatic heterocycles. The Morgan fingerprint density at radius 1 is 1.27 bits per heavy atom. The molecule has 2 aliphatic carbocycles. The topological polar surface area (TPSA) is 206 Å². The molecule has 0 saturated heterocycles. The minimum atomic E-state index is -0.977. The van der Waals surface area contributed by atoms with Crippen LogP contribution in [0.3, 0.4) is 0 Å². The molecule has 10 unspecified atom stereocenters. The van der Waals surface area contributed by atoms with Crippen LogP contribution in [0, 0.1) is 22.2 Å². The normalized spacial score (nSPS) is 34.2. The quantitative estimate of drug-likeness (QED) is 0.115. The van der Waals surface area contributed by atoms with Crippen molar-refractivity contribution in [3.8, 4) is 6.07 Å². The van der Waals surface area contributed by atoms with Crippen molar-refractivity contribution in [1.29, 1.82) is 5.26 Å². The van der Waals surface area contributed by atoms with Gasteiger partial charge >= 0.3 is 0 Å². The Morgan fingerprint density at radius 2 is 2.00 bits per heavy atom. The molecule has 12 nitrogen and oxygen atoms in total. The van der Waals surface area contributed by atoms with Crippen molar-refractivity contribution in [2.45, 2.75) is 93.7 Å². The van der Waals surface area contributed by atoms with Gasteiger partial charge in [-0.2, -0.15) is 10.2 Å². The number of ether oxygens (including phenoxy) is 2. The van der Waals surface area contributed by atoms with Crippen LogP contribution in [0.2, 0.25) is 0 Å². The number of nitroso groups, excluding NO2 is 1. The van der Waals surface area contributed by atoms with Gasteiger partial charge in [-0.3, -0.25) is 0 Å². The van der Waals surface area contributed by atoms with E-state index in [4.69, 9.17) is 26.7 Å². The van der Waals surface area contributed by atoms with Gasteiger partial charge in [0.1, 0.15) is 18.2 Å². The van der Waals surface area contributed by atoms with E-state index in [1.54, 1.807) is 20.2 Å². The number of nitrogens with two attached hydrogens (primary N) is 3. The highest BCUT2D eigenvalue weighted by Gasteiger charge is 2.49. The van der Waals surface area contributed by atoms with Crippen molar-refractivity contribution < 1.29 is 14.6 Å². The molecule has 0 aromatic rings.